The fourth-order valence-corrected chi connectivity index (χ4v) is 3.68. The molecule has 0 spiro atoms. The molecule has 8 heteroatoms. The van der Waals surface area contributed by atoms with Gasteiger partial charge in [0.25, 0.3) is 10.1 Å². The summed E-state index contributed by atoms with van der Waals surface area (Å²) in [4.78, 5) is 24.6. The van der Waals surface area contributed by atoms with Crippen molar-refractivity contribution in [3.63, 3.8) is 0 Å². The second-order valence-corrected chi connectivity index (χ2v) is 8.20. The Labute approximate surface area is 148 Å². The third kappa shape index (κ3) is 6.93. The molecule has 2 N–H and O–H groups in total. The van der Waals surface area contributed by atoms with Crippen molar-refractivity contribution < 1.29 is 27.3 Å². The molecule has 0 fully saturated rings. The van der Waals surface area contributed by atoms with E-state index in [-0.39, 0.29) is 18.6 Å². The summed E-state index contributed by atoms with van der Waals surface area (Å²) in [6.07, 6.45) is -0.0472. The van der Waals surface area contributed by atoms with Gasteiger partial charge in [-0.2, -0.15) is 8.42 Å². The van der Waals surface area contributed by atoms with Gasteiger partial charge in [-0.05, 0) is 26.3 Å². The van der Waals surface area contributed by atoms with Crippen LogP contribution in [-0.2, 0) is 30.9 Å². The number of ketones is 1. The number of carbonyl (C=O) groups excluding carboxylic acids is 2. The molecular weight excluding hydrogens is 346 g/mol. The lowest BCUT2D eigenvalue weighted by Gasteiger charge is -2.32. The first kappa shape index (κ1) is 21.3. The number of ether oxygens (including phenoxy) is 1. The molecule has 0 heterocycles. The Bertz CT molecular complexity index is 714. The number of methoxy groups -OCH3 is 1. The van der Waals surface area contributed by atoms with Gasteiger partial charge < -0.3 is 10.1 Å². The van der Waals surface area contributed by atoms with E-state index in [1.807, 2.05) is 30.3 Å². The molecule has 0 aliphatic carbocycles. The maximum absolute atomic E-state index is 12.4. The van der Waals surface area contributed by atoms with Crippen LogP contribution >= 0.6 is 0 Å². The van der Waals surface area contributed by atoms with Crippen LogP contribution in [0.15, 0.2) is 30.3 Å². The van der Waals surface area contributed by atoms with E-state index in [0.717, 1.165) is 5.56 Å². The summed E-state index contributed by atoms with van der Waals surface area (Å²) >= 11 is 0. The van der Waals surface area contributed by atoms with Gasteiger partial charge in [-0.15, -0.1) is 0 Å². The Morgan fingerprint density at radius 1 is 1.20 bits per heavy atom. The van der Waals surface area contributed by atoms with Crippen LogP contribution in [0.2, 0.25) is 0 Å². The largest absolute Gasteiger partial charge is 0.370 e. The van der Waals surface area contributed by atoms with Crippen LogP contribution in [0.1, 0.15) is 32.8 Å². The molecule has 0 aromatic heterocycles. The molecule has 25 heavy (non-hydrogen) atoms. The normalized spacial score (nSPS) is 14.6. The number of benzene rings is 1. The zero-order valence-electron chi connectivity index (χ0n) is 14.9. The molecule has 0 radical (unpaired) electrons. The number of hydrogen-bond acceptors (Lipinski definition) is 5. The summed E-state index contributed by atoms with van der Waals surface area (Å²) < 4.78 is 36.5. The monoisotopic (exact) mass is 371 g/mol. The second-order valence-electron chi connectivity index (χ2n) is 6.75. The van der Waals surface area contributed by atoms with Crippen LogP contribution in [0.25, 0.3) is 0 Å². The molecule has 7 nitrogen and oxygen atoms in total. The van der Waals surface area contributed by atoms with Crippen LogP contribution in [0.3, 0.4) is 0 Å². The van der Waals surface area contributed by atoms with Gasteiger partial charge in [0.15, 0.2) is 5.78 Å². The highest BCUT2D eigenvalue weighted by molar-refractivity contribution is 7.85. The average Bonchev–Trinajstić information content (AvgIpc) is 2.43. The quantitative estimate of drug-likeness (QED) is 0.635. The van der Waals surface area contributed by atoms with Gasteiger partial charge >= 0.3 is 0 Å². The van der Waals surface area contributed by atoms with E-state index < -0.39 is 32.9 Å². The minimum atomic E-state index is -4.25. The number of carbonyl (C=O) groups is 2. The number of amides is 1. The highest BCUT2D eigenvalue weighted by Crippen LogP contribution is 2.23. The summed E-state index contributed by atoms with van der Waals surface area (Å²) in [5.74, 6) is -1.48. The van der Waals surface area contributed by atoms with E-state index >= 15 is 0 Å². The number of hydrogen-bond donors (Lipinski definition) is 2. The Morgan fingerprint density at radius 3 is 2.20 bits per heavy atom. The van der Waals surface area contributed by atoms with E-state index in [1.54, 1.807) is 0 Å². The Balaban J connectivity index is 2.95. The van der Waals surface area contributed by atoms with Gasteiger partial charge in [0.2, 0.25) is 5.91 Å². The predicted molar refractivity (Wildman–Crippen MR) is 93.8 cm³/mol. The van der Waals surface area contributed by atoms with Crippen molar-refractivity contribution in [1.29, 1.82) is 0 Å². The van der Waals surface area contributed by atoms with Crippen molar-refractivity contribution in [3.05, 3.63) is 35.9 Å². The van der Waals surface area contributed by atoms with Crippen LogP contribution in [-0.4, -0.2) is 48.7 Å². The molecule has 0 aliphatic rings. The second kappa shape index (κ2) is 8.07. The molecule has 0 saturated carbocycles. The molecule has 0 bridgehead atoms. The van der Waals surface area contributed by atoms with Gasteiger partial charge in [-0.25, -0.2) is 0 Å². The first-order valence-electron chi connectivity index (χ1n) is 7.75. The van der Waals surface area contributed by atoms with Crippen molar-refractivity contribution in [3.8, 4) is 0 Å². The molecular formula is C17H25NO6S. The van der Waals surface area contributed by atoms with E-state index in [1.165, 1.54) is 27.9 Å². The van der Waals surface area contributed by atoms with Crippen molar-refractivity contribution >= 4 is 21.8 Å². The zero-order chi connectivity index (χ0) is 19.3. The highest BCUT2D eigenvalue weighted by Gasteiger charge is 2.39. The third-order valence-electron chi connectivity index (χ3n) is 3.83. The average molecular weight is 371 g/mol. The lowest BCUT2D eigenvalue weighted by atomic mass is 9.86. The van der Waals surface area contributed by atoms with Crippen LogP contribution in [0.5, 0.6) is 0 Å². The standard InChI is InChI=1S/C17H25NO6S/c1-13(19)17(24-4,10-14-8-6-5-7-9-14)11-15(20)18-16(2,3)12-25(21,22)23/h5-9H,10-12H2,1-4H3,(H,18,20)(H,21,22,23). The van der Waals surface area contributed by atoms with E-state index in [4.69, 9.17) is 9.29 Å². The molecule has 1 amide bonds. The number of rotatable bonds is 9. The van der Waals surface area contributed by atoms with Crippen molar-refractivity contribution in [2.24, 2.45) is 0 Å². The molecule has 0 saturated heterocycles. The van der Waals surface area contributed by atoms with Crippen molar-refractivity contribution in [2.75, 3.05) is 12.9 Å². The summed E-state index contributed by atoms with van der Waals surface area (Å²) in [5.41, 5.74) is -1.70. The first-order chi connectivity index (χ1) is 11.4. The topological polar surface area (TPSA) is 110 Å². The third-order valence-corrected chi connectivity index (χ3v) is 4.92. The fourth-order valence-electron chi connectivity index (χ4n) is 2.70. The molecule has 1 rings (SSSR count). The Hall–Kier alpha value is -1.77. The summed E-state index contributed by atoms with van der Waals surface area (Å²) in [6.45, 7) is 4.29. The van der Waals surface area contributed by atoms with Crippen molar-refractivity contribution in [1.82, 2.24) is 5.32 Å². The van der Waals surface area contributed by atoms with Gasteiger partial charge in [-0.1, -0.05) is 30.3 Å². The summed E-state index contributed by atoms with van der Waals surface area (Å²) in [7, 11) is -2.89. The molecule has 1 unspecified atom stereocenters. The number of nitrogens with one attached hydrogen (secondary N) is 1. The molecule has 1 atom stereocenters. The maximum atomic E-state index is 12.4. The lowest BCUT2D eigenvalue weighted by molar-refractivity contribution is -0.146. The summed E-state index contributed by atoms with van der Waals surface area (Å²) in [6, 6.07) is 9.15. The van der Waals surface area contributed by atoms with Gasteiger partial charge in [0, 0.05) is 13.5 Å². The minimum Gasteiger partial charge on any atom is -0.370 e. The smallest absolute Gasteiger partial charge is 0.267 e. The van der Waals surface area contributed by atoms with Gasteiger partial charge in [0.1, 0.15) is 5.60 Å². The van der Waals surface area contributed by atoms with Crippen LogP contribution in [0, 0.1) is 0 Å². The SMILES string of the molecule is COC(CC(=O)NC(C)(C)CS(=O)(=O)O)(Cc1ccccc1)C(C)=O. The van der Waals surface area contributed by atoms with Crippen LogP contribution in [0.4, 0.5) is 0 Å². The van der Waals surface area contributed by atoms with Crippen LogP contribution < -0.4 is 5.32 Å². The summed E-state index contributed by atoms with van der Waals surface area (Å²) in [5, 5.41) is 2.53. The van der Waals surface area contributed by atoms with E-state index in [9.17, 15) is 18.0 Å². The Kier molecular flexibility index (Phi) is 6.87. The highest BCUT2D eigenvalue weighted by atomic mass is 32.2. The van der Waals surface area contributed by atoms with Gasteiger partial charge in [-0.3, -0.25) is 14.1 Å². The van der Waals surface area contributed by atoms with Crippen molar-refractivity contribution in [2.45, 2.75) is 44.8 Å². The van der Waals surface area contributed by atoms with Gasteiger partial charge in [0.05, 0.1) is 17.7 Å². The minimum absolute atomic E-state index is 0.214. The zero-order valence-corrected chi connectivity index (χ0v) is 15.7. The Morgan fingerprint density at radius 2 is 1.76 bits per heavy atom. The predicted octanol–water partition coefficient (Wildman–Crippen LogP) is 1.38. The number of Topliss-reactive ketones (excluding diaryl/α,β-unsaturated/α-hetero) is 1. The molecule has 1 aromatic rings. The van der Waals surface area contributed by atoms with E-state index in [2.05, 4.69) is 5.32 Å². The first-order valence-corrected chi connectivity index (χ1v) is 9.36. The maximum Gasteiger partial charge on any atom is 0.267 e. The molecule has 0 aliphatic heterocycles. The van der Waals surface area contributed by atoms with E-state index in [0.29, 0.717) is 0 Å². The molecule has 140 valence electrons. The molecule has 1 aromatic carbocycles. The lowest BCUT2D eigenvalue weighted by Crippen LogP contribution is -2.52. The fraction of sp³-hybridized carbons (Fsp3) is 0.529.